The molecule has 106 valence electrons. The van der Waals surface area contributed by atoms with Gasteiger partial charge < -0.3 is 15.3 Å². The maximum Gasteiger partial charge on any atom is 0.251 e. The fourth-order valence-corrected chi connectivity index (χ4v) is 1.97. The minimum atomic E-state index is -0.732. The van der Waals surface area contributed by atoms with Crippen LogP contribution in [-0.2, 0) is 0 Å². The SMILES string of the molecule is CC(C)[C@@H](CNC(=O)c1ccc(F)c(O)c1)N(C)C. The topological polar surface area (TPSA) is 52.6 Å². The second-order valence-corrected chi connectivity index (χ2v) is 5.15. The third-order valence-electron chi connectivity index (χ3n) is 3.11. The summed E-state index contributed by atoms with van der Waals surface area (Å²) in [6.07, 6.45) is 0. The summed E-state index contributed by atoms with van der Waals surface area (Å²) in [6.45, 7) is 4.67. The summed E-state index contributed by atoms with van der Waals surface area (Å²) < 4.78 is 12.9. The zero-order chi connectivity index (χ0) is 14.6. The maximum absolute atomic E-state index is 12.9. The summed E-state index contributed by atoms with van der Waals surface area (Å²) in [5, 5.41) is 12.0. The molecule has 1 atom stereocenters. The van der Waals surface area contributed by atoms with Crippen molar-refractivity contribution in [2.24, 2.45) is 5.92 Å². The van der Waals surface area contributed by atoms with E-state index in [4.69, 9.17) is 0 Å². The second kappa shape index (κ2) is 6.52. The zero-order valence-corrected chi connectivity index (χ0v) is 11.8. The fourth-order valence-electron chi connectivity index (χ4n) is 1.97. The van der Waals surface area contributed by atoms with Crippen molar-refractivity contribution in [2.75, 3.05) is 20.6 Å². The lowest BCUT2D eigenvalue weighted by Crippen LogP contribution is -2.43. The van der Waals surface area contributed by atoms with Gasteiger partial charge in [-0.25, -0.2) is 4.39 Å². The number of likely N-dealkylation sites (N-methyl/N-ethyl adjacent to an activating group) is 1. The average molecular weight is 268 g/mol. The standard InChI is InChI=1S/C14H21FN2O2/c1-9(2)12(17(3)4)8-16-14(19)10-5-6-11(15)13(18)7-10/h5-7,9,12,18H,8H2,1-4H3,(H,16,19)/t12-/m1/s1. The van der Waals surface area contributed by atoms with Gasteiger partial charge in [-0.3, -0.25) is 4.79 Å². The molecule has 0 saturated carbocycles. The van der Waals surface area contributed by atoms with Crippen LogP contribution in [0.3, 0.4) is 0 Å². The van der Waals surface area contributed by atoms with E-state index >= 15 is 0 Å². The van der Waals surface area contributed by atoms with Gasteiger partial charge in [-0.05, 0) is 38.2 Å². The van der Waals surface area contributed by atoms with Gasteiger partial charge in [0, 0.05) is 18.2 Å². The van der Waals surface area contributed by atoms with Gasteiger partial charge in [-0.1, -0.05) is 13.8 Å². The molecule has 0 saturated heterocycles. The molecular weight excluding hydrogens is 247 g/mol. The molecule has 5 heteroatoms. The third-order valence-corrected chi connectivity index (χ3v) is 3.11. The van der Waals surface area contributed by atoms with Crippen LogP contribution in [0.4, 0.5) is 4.39 Å². The Kier molecular flexibility index (Phi) is 5.30. The van der Waals surface area contributed by atoms with E-state index in [2.05, 4.69) is 19.2 Å². The molecule has 1 amide bonds. The highest BCUT2D eigenvalue weighted by Crippen LogP contribution is 2.16. The van der Waals surface area contributed by atoms with E-state index in [9.17, 15) is 14.3 Å². The molecule has 0 aromatic heterocycles. The Morgan fingerprint density at radius 2 is 2.05 bits per heavy atom. The Morgan fingerprint density at radius 1 is 1.42 bits per heavy atom. The number of phenolic OH excluding ortho intramolecular Hbond substituents is 1. The minimum absolute atomic E-state index is 0.220. The van der Waals surface area contributed by atoms with E-state index in [0.717, 1.165) is 12.1 Å². The van der Waals surface area contributed by atoms with Crippen molar-refractivity contribution in [3.05, 3.63) is 29.6 Å². The van der Waals surface area contributed by atoms with Gasteiger partial charge in [0.1, 0.15) is 0 Å². The van der Waals surface area contributed by atoms with Gasteiger partial charge >= 0.3 is 0 Å². The van der Waals surface area contributed by atoms with Crippen LogP contribution in [0.5, 0.6) is 5.75 Å². The Morgan fingerprint density at radius 3 is 2.53 bits per heavy atom. The quantitative estimate of drug-likeness (QED) is 0.857. The van der Waals surface area contributed by atoms with Crippen LogP contribution in [0, 0.1) is 11.7 Å². The van der Waals surface area contributed by atoms with Crippen LogP contribution in [-0.4, -0.2) is 42.6 Å². The predicted molar refractivity (Wildman–Crippen MR) is 72.7 cm³/mol. The predicted octanol–water partition coefficient (Wildman–Crippen LogP) is 1.85. The van der Waals surface area contributed by atoms with E-state index in [1.165, 1.54) is 6.07 Å². The third kappa shape index (κ3) is 4.21. The van der Waals surface area contributed by atoms with E-state index in [1.54, 1.807) is 0 Å². The molecule has 1 rings (SSSR count). The number of carbonyl (C=O) groups excluding carboxylic acids is 1. The first-order valence-corrected chi connectivity index (χ1v) is 6.26. The van der Waals surface area contributed by atoms with E-state index in [-0.39, 0.29) is 17.5 Å². The Hall–Kier alpha value is -1.62. The van der Waals surface area contributed by atoms with E-state index in [1.807, 2.05) is 19.0 Å². The van der Waals surface area contributed by atoms with Crippen LogP contribution in [0.15, 0.2) is 18.2 Å². The van der Waals surface area contributed by atoms with Crippen molar-refractivity contribution < 1.29 is 14.3 Å². The average Bonchev–Trinajstić information content (AvgIpc) is 2.31. The molecular formula is C14H21FN2O2. The number of halogens is 1. The first kappa shape index (κ1) is 15.4. The van der Waals surface area contributed by atoms with Crippen molar-refractivity contribution in [3.63, 3.8) is 0 Å². The molecule has 0 radical (unpaired) electrons. The molecule has 0 unspecified atom stereocenters. The van der Waals surface area contributed by atoms with Crippen LogP contribution < -0.4 is 5.32 Å². The van der Waals surface area contributed by atoms with Crippen molar-refractivity contribution in [1.82, 2.24) is 10.2 Å². The molecule has 0 aliphatic rings. The van der Waals surface area contributed by atoms with E-state index in [0.29, 0.717) is 12.5 Å². The first-order chi connectivity index (χ1) is 8.82. The molecule has 0 aliphatic heterocycles. The number of nitrogens with one attached hydrogen (secondary N) is 1. The summed E-state index contributed by atoms with van der Waals surface area (Å²) in [5.41, 5.74) is 0.250. The monoisotopic (exact) mass is 268 g/mol. The Bertz CT molecular complexity index is 439. The number of aromatic hydroxyl groups is 1. The maximum atomic E-state index is 12.9. The van der Waals surface area contributed by atoms with Gasteiger partial charge in [-0.2, -0.15) is 0 Å². The molecule has 4 nitrogen and oxygen atoms in total. The van der Waals surface area contributed by atoms with Crippen molar-refractivity contribution >= 4 is 5.91 Å². The van der Waals surface area contributed by atoms with Crippen molar-refractivity contribution in [3.8, 4) is 5.75 Å². The second-order valence-electron chi connectivity index (χ2n) is 5.15. The van der Waals surface area contributed by atoms with Crippen LogP contribution >= 0.6 is 0 Å². The molecule has 19 heavy (non-hydrogen) atoms. The van der Waals surface area contributed by atoms with Gasteiger partial charge in [0.2, 0.25) is 0 Å². The van der Waals surface area contributed by atoms with Crippen molar-refractivity contribution in [1.29, 1.82) is 0 Å². The Labute approximate surface area is 113 Å². The molecule has 1 aromatic rings. The minimum Gasteiger partial charge on any atom is -0.505 e. The number of carbonyl (C=O) groups is 1. The highest BCUT2D eigenvalue weighted by atomic mass is 19.1. The van der Waals surface area contributed by atoms with Gasteiger partial charge in [0.15, 0.2) is 11.6 Å². The fraction of sp³-hybridized carbons (Fsp3) is 0.500. The molecule has 0 fully saturated rings. The highest BCUT2D eigenvalue weighted by Gasteiger charge is 2.17. The van der Waals surface area contributed by atoms with E-state index < -0.39 is 11.6 Å². The highest BCUT2D eigenvalue weighted by molar-refractivity contribution is 5.94. The largest absolute Gasteiger partial charge is 0.505 e. The summed E-state index contributed by atoms with van der Waals surface area (Å²) in [6, 6.07) is 3.78. The summed E-state index contributed by atoms with van der Waals surface area (Å²) >= 11 is 0. The van der Waals surface area contributed by atoms with Gasteiger partial charge in [0.25, 0.3) is 5.91 Å². The van der Waals surface area contributed by atoms with Crippen LogP contribution in [0.2, 0.25) is 0 Å². The van der Waals surface area contributed by atoms with Crippen LogP contribution in [0.1, 0.15) is 24.2 Å². The number of amides is 1. The smallest absolute Gasteiger partial charge is 0.251 e. The molecule has 1 aromatic carbocycles. The molecule has 2 N–H and O–H groups in total. The molecule has 0 bridgehead atoms. The van der Waals surface area contributed by atoms with Gasteiger partial charge in [0.05, 0.1) is 0 Å². The number of benzene rings is 1. The molecule has 0 spiro atoms. The zero-order valence-electron chi connectivity index (χ0n) is 11.8. The lowest BCUT2D eigenvalue weighted by molar-refractivity contribution is 0.0934. The molecule has 0 heterocycles. The number of hydrogen-bond donors (Lipinski definition) is 2. The summed E-state index contributed by atoms with van der Waals surface area (Å²) in [4.78, 5) is 13.9. The normalized spacial score (nSPS) is 12.8. The van der Waals surface area contributed by atoms with Gasteiger partial charge in [-0.15, -0.1) is 0 Å². The summed E-state index contributed by atoms with van der Waals surface area (Å²) in [5.74, 6) is -1.16. The number of hydrogen-bond acceptors (Lipinski definition) is 3. The Balaban J connectivity index is 2.66. The van der Waals surface area contributed by atoms with Crippen LogP contribution in [0.25, 0.3) is 0 Å². The number of rotatable bonds is 5. The lowest BCUT2D eigenvalue weighted by atomic mass is 10.0. The van der Waals surface area contributed by atoms with Crippen molar-refractivity contribution in [2.45, 2.75) is 19.9 Å². The molecule has 0 aliphatic carbocycles. The summed E-state index contributed by atoms with van der Waals surface area (Å²) in [7, 11) is 3.92. The number of nitrogens with zero attached hydrogens (tertiary/aromatic N) is 1. The number of phenols is 1. The first-order valence-electron chi connectivity index (χ1n) is 6.26. The lowest BCUT2D eigenvalue weighted by Gasteiger charge is -2.28.